The number of hydrogen-bond donors (Lipinski definition) is 1. The van der Waals surface area contributed by atoms with Crippen LogP contribution in [0, 0.1) is 13.8 Å². The van der Waals surface area contributed by atoms with Gasteiger partial charge in [-0.25, -0.2) is 9.79 Å². The van der Waals surface area contributed by atoms with Crippen molar-refractivity contribution in [3.8, 4) is 5.69 Å². The van der Waals surface area contributed by atoms with Gasteiger partial charge in [-0.2, -0.15) is 0 Å². The van der Waals surface area contributed by atoms with Crippen molar-refractivity contribution >= 4 is 40.9 Å². The van der Waals surface area contributed by atoms with Crippen molar-refractivity contribution in [3.05, 3.63) is 119 Å². The maximum atomic E-state index is 14.1. The third-order valence-electron chi connectivity index (χ3n) is 7.60. The van der Waals surface area contributed by atoms with Gasteiger partial charge in [0.25, 0.3) is 11.5 Å². The minimum atomic E-state index is -0.995. The van der Waals surface area contributed by atoms with E-state index < -0.39 is 12.0 Å². The Morgan fingerprint density at radius 1 is 1.07 bits per heavy atom. The molecule has 0 bridgehead atoms. The number of aryl methyl sites for hydroxylation is 1. The number of carboxylic acids is 1. The monoisotopic (exact) mass is 602 g/mol. The summed E-state index contributed by atoms with van der Waals surface area (Å²) in [5, 5.41) is 10.0. The number of aromatic nitrogens is 2. The fourth-order valence-corrected chi connectivity index (χ4v) is 6.65. The van der Waals surface area contributed by atoms with E-state index in [9.17, 15) is 19.5 Å². The van der Waals surface area contributed by atoms with E-state index >= 15 is 0 Å². The van der Waals surface area contributed by atoms with Crippen LogP contribution < -0.4 is 14.9 Å². The number of fused-ring (bicyclic) bond motifs is 1. The second-order valence-corrected chi connectivity index (χ2v) is 11.6. The molecule has 0 saturated heterocycles. The molecule has 2 aromatic carbocycles. The minimum absolute atomic E-state index is 0.150. The minimum Gasteiger partial charge on any atom is -0.478 e. The predicted octanol–water partition coefficient (Wildman–Crippen LogP) is 4.86. The van der Waals surface area contributed by atoms with Crippen molar-refractivity contribution in [3.63, 3.8) is 0 Å². The Hall–Kier alpha value is -4.21. The van der Waals surface area contributed by atoms with E-state index in [4.69, 9.17) is 16.6 Å². The Morgan fingerprint density at radius 2 is 1.76 bits per heavy atom. The number of thiazole rings is 1. The molecule has 0 fully saturated rings. The Morgan fingerprint density at radius 3 is 2.40 bits per heavy atom. The number of likely N-dealkylation sites (N-methyl/N-ethyl adjacent to an activating group) is 1. The maximum Gasteiger partial charge on any atom is 0.335 e. The lowest BCUT2D eigenvalue weighted by Gasteiger charge is -2.29. The molecule has 4 aromatic rings. The number of carboxylic acid groups (broad SMARTS) is 1. The van der Waals surface area contributed by atoms with Crippen LogP contribution in [0.25, 0.3) is 11.8 Å². The van der Waals surface area contributed by atoms with E-state index in [0.29, 0.717) is 38.7 Å². The zero-order chi connectivity index (χ0) is 30.3. The molecular weight excluding hydrogens is 572 g/mol. The lowest BCUT2D eigenvalue weighted by atomic mass is 9.94. The Bertz CT molecular complexity index is 1930. The van der Waals surface area contributed by atoms with Crippen LogP contribution in [0.1, 0.15) is 59.7 Å². The summed E-state index contributed by atoms with van der Waals surface area (Å²) in [4.78, 5) is 46.4. The fourth-order valence-electron chi connectivity index (χ4n) is 5.49. The Labute approximate surface area is 252 Å². The number of benzene rings is 2. The molecule has 0 saturated carbocycles. The third-order valence-corrected chi connectivity index (χ3v) is 8.83. The first kappa shape index (κ1) is 29.3. The van der Waals surface area contributed by atoms with Crippen molar-refractivity contribution in [1.29, 1.82) is 0 Å². The highest BCUT2D eigenvalue weighted by Crippen LogP contribution is 2.32. The van der Waals surface area contributed by atoms with Crippen molar-refractivity contribution in [2.45, 2.75) is 40.7 Å². The highest BCUT2D eigenvalue weighted by Gasteiger charge is 2.34. The number of carbonyl (C=O) groups excluding carboxylic acids is 1. The molecule has 42 heavy (non-hydrogen) atoms. The van der Waals surface area contributed by atoms with E-state index in [-0.39, 0.29) is 17.0 Å². The average Bonchev–Trinajstić information content (AvgIpc) is 3.42. The molecule has 3 heterocycles. The van der Waals surface area contributed by atoms with E-state index in [1.807, 2.05) is 69.5 Å². The molecule has 1 aliphatic rings. The van der Waals surface area contributed by atoms with Crippen molar-refractivity contribution < 1.29 is 14.7 Å². The van der Waals surface area contributed by atoms with Gasteiger partial charge in [0, 0.05) is 35.2 Å². The highest BCUT2D eigenvalue weighted by molar-refractivity contribution is 7.07. The predicted molar refractivity (Wildman–Crippen MR) is 165 cm³/mol. The number of rotatable bonds is 7. The standard InChI is InChI=1S/C32H31ClN4O4S/c1-6-35(7-2)30(39)27-19(4)34-32-37(28(27)21-11-13-24(33)14-12-21)29(38)26(42-32)17-23-15-18(3)36(20(23)5)25-10-8-9-22(16-25)31(40)41/h8-17,28H,6-7H2,1-5H3,(H,40,41)/b26-17+/t28-/m0/s1. The van der Waals surface area contributed by atoms with Crippen LogP contribution in [0.2, 0.25) is 5.02 Å². The zero-order valence-electron chi connectivity index (χ0n) is 24.0. The van der Waals surface area contributed by atoms with Gasteiger partial charge in [0.15, 0.2) is 4.80 Å². The Kier molecular flexibility index (Phi) is 8.08. The summed E-state index contributed by atoms with van der Waals surface area (Å²) in [6, 6.07) is 15.3. The van der Waals surface area contributed by atoms with Crippen LogP contribution in [0.3, 0.4) is 0 Å². The molecule has 0 aliphatic carbocycles. The number of amides is 1. The maximum absolute atomic E-state index is 14.1. The second-order valence-electron chi connectivity index (χ2n) is 10.1. The van der Waals surface area contributed by atoms with Crippen LogP contribution >= 0.6 is 22.9 Å². The summed E-state index contributed by atoms with van der Waals surface area (Å²) < 4.78 is 4.06. The second kappa shape index (κ2) is 11.6. The summed E-state index contributed by atoms with van der Waals surface area (Å²) in [5.74, 6) is -1.15. The zero-order valence-corrected chi connectivity index (χ0v) is 25.6. The molecule has 0 unspecified atom stereocenters. The smallest absolute Gasteiger partial charge is 0.335 e. The summed E-state index contributed by atoms with van der Waals surface area (Å²) in [6.07, 6.45) is 1.84. The van der Waals surface area contributed by atoms with Gasteiger partial charge >= 0.3 is 5.97 Å². The molecule has 1 atom stereocenters. The summed E-state index contributed by atoms with van der Waals surface area (Å²) in [7, 11) is 0. The highest BCUT2D eigenvalue weighted by atomic mass is 35.5. The number of halogens is 1. The molecule has 1 aliphatic heterocycles. The van der Waals surface area contributed by atoms with E-state index in [1.54, 1.807) is 39.8 Å². The lowest BCUT2D eigenvalue weighted by Crippen LogP contribution is -2.43. The number of aromatic carboxylic acids is 1. The molecule has 216 valence electrons. The van der Waals surface area contributed by atoms with E-state index in [1.165, 1.54) is 11.3 Å². The molecule has 0 spiro atoms. The lowest BCUT2D eigenvalue weighted by molar-refractivity contribution is -0.127. The molecule has 0 radical (unpaired) electrons. The Balaban J connectivity index is 1.68. The molecule has 1 amide bonds. The molecular formula is C32H31ClN4O4S. The summed E-state index contributed by atoms with van der Waals surface area (Å²) in [5.41, 5.74) is 5.09. The number of nitrogens with zero attached hydrogens (tertiary/aromatic N) is 4. The van der Waals surface area contributed by atoms with Crippen LogP contribution in [-0.2, 0) is 4.79 Å². The first-order valence-electron chi connectivity index (χ1n) is 13.7. The SMILES string of the molecule is CCN(CC)C(=O)C1=C(C)N=c2s/c(=C/c3cc(C)n(-c4cccc(C(=O)O)c4)c3C)c(=O)n2[C@H]1c1ccc(Cl)cc1. The quantitative estimate of drug-likeness (QED) is 0.327. The van der Waals surface area contributed by atoms with Crippen LogP contribution in [0.15, 0.2) is 75.7 Å². The van der Waals surface area contributed by atoms with Crippen LogP contribution in [0.5, 0.6) is 0 Å². The van der Waals surface area contributed by atoms with Crippen LogP contribution in [-0.4, -0.2) is 44.1 Å². The summed E-state index contributed by atoms with van der Waals surface area (Å²) >= 11 is 7.47. The van der Waals surface area contributed by atoms with Crippen LogP contribution in [0.4, 0.5) is 0 Å². The number of carbonyl (C=O) groups is 2. The van der Waals surface area contributed by atoms with E-state index in [2.05, 4.69) is 0 Å². The first-order valence-corrected chi connectivity index (χ1v) is 14.8. The molecule has 5 rings (SSSR count). The normalized spacial score (nSPS) is 15.0. The van der Waals surface area contributed by atoms with Crippen molar-refractivity contribution in [2.24, 2.45) is 4.99 Å². The van der Waals surface area contributed by atoms with Gasteiger partial charge in [0.1, 0.15) is 0 Å². The molecule has 1 N–H and O–H groups in total. The number of allylic oxidation sites excluding steroid dienone is 1. The van der Waals surface area contributed by atoms with Gasteiger partial charge in [-0.3, -0.25) is 14.2 Å². The molecule has 2 aromatic heterocycles. The topological polar surface area (TPSA) is 96.9 Å². The third kappa shape index (κ3) is 5.14. The van der Waals surface area contributed by atoms with E-state index in [0.717, 1.165) is 28.2 Å². The fraction of sp³-hybridized carbons (Fsp3) is 0.250. The van der Waals surface area contributed by atoms with Crippen molar-refractivity contribution in [1.82, 2.24) is 14.0 Å². The van der Waals surface area contributed by atoms with Gasteiger partial charge < -0.3 is 14.6 Å². The van der Waals surface area contributed by atoms with Gasteiger partial charge in [-0.05, 0) is 88.2 Å². The van der Waals surface area contributed by atoms with Gasteiger partial charge in [-0.15, -0.1) is 0 Å². The van der Waals surface area contributed by atoms with Gasteiger partial charge in [0.2, 0.25) is 0 Å². The van der Waals surface area contributed by atoms with Crippen molar-refractivity contribution in [2.75, 3.05) is 13.1 Å². The largest absolute Gasteiger partial charge is 0.478 e. The number of hydrogen-bond acceptors (Lipinski definition) is 5. The molecule has 10 heteroatoms. The summed E-state index contributed by atoms with van der Waals surface area (Å²) in [6.45, 7) is 10.6. The van der Waals surface area contributed by atoms with Gasteiger partial charge in [0.05, 0.1) is 27.4 Å². The average molecular weight is 603 g/mol. The first-order chi connectivity index (χ1) is 20.0. The molecule has 8 nitrogen and oxygen atoms in total. The van der Waals surface area contributed by atoms with Gasteiger partial charge in [-0.1, -0.05) is 41.1 Å².